The van der Waals surface area contributed by atoms with Gasteiger partial charge in [0.15, 0.2) is 0 Å². The Morgan fingerprint density at radius 2 is 2.09 bits per heavy atom. The lowest BCUT2D eigenvalue weighted by Gasteiger charge is -2.22. The Morgan fingerprint density at radius 1 is 1.36 bits per heavy atom. The molecule has 1 aliphatic rings. The minimum atomic E-state index is -0.705. The van der Waals surface area contributed by atoms with Gasteiger partial charge in [0.1, 0.15) is 17.4 Å². The molecule has 8 nitrogen and oxygen atoms in total. The van der Waals surface area contributed by atoms with Crippen molar-refractivity contribution in [3.8, 4) is 5.75 Å². The van der Waals surface area contributed by atoms with E-state index in [2.05, 4.69) is 4.74 Å². The average molecular weight is 308 g/mol. The van der Waals surface area contributed by atoms with Crippen LogP contribution in [-0.4, -0.2) is 48.5 Å². The number of hydrogen-bond acceptors (Lipinski definition) is 6. The number of nitro benzene ring substituents is 1. The van der Waals surface area contributed by atoms with Gasteiger partial charge in [-0.3, -0.25) is 14.9 Å². The molecule has 1 aromatic carbocycles. The molecule has 118 valence electrons. The largest absolute Gasteiger partial charge is 0.497 e. The summed E-state index contributed by atoms with van der Waals surface area (Å²) in [5.41, 5.74) is -0.415. The van der Waals surface area contributed by atoms with Gasteiger partial charge in [-0.15, -0.1) is 0 Å². The number of carbonyl (C=O) groups excluding carboxylic acids is 2. The van der Waals surface area contributed by atoms with E-state index in [-0.39, 0.29) is 11.3 Å². The Balaban J connectivity index is 2.39. The van der Waals surface area contributed by atoms with Gasteiger partial charge in [0.05, 0.1) is 19.1 Å². The molecule has 0 saturated carbocycles. The summed E-state index contributed by atoms with van der Waals surface area (Å²) in [6.45, 7) is 0.354. The first-order chi connectivity index (χ1) is 10.5. The quantitative estimate of drug-likeness (QED) is 0.473. The molecule has 0 spiro atoms. The van der Waals surface area contributed by atoms with Crippen LogP contribution in [0.5, 0.6) is 5.75 Å². The van der Waals surface area contributed by atoms with Crippen LogP contribution in [0.4, 0.5) is 5.69 Å². The van der Waals surface area contributed by atoms with E-state index >= 15 is 0 Å². The molecule has 0 aliphatic carbocycles. The van der Waals surface area contributed by atoms with Gasteiger partial charge < -0.3 is 14.4 Å². The van der Waals surface area contributed by atoms with Gasteiger partial charge in [-0.2, -0.15) is 0 Å². The van der Waals surface area contributed by atoms with Gasteiger partial charge in [0.25, 0.3) is 11.6 Å². The predicted molar refractivity (Wildman–Crippen MR) is 75.7 cm³/mol. The smallest absolute Gasteiger partial charge is 0.328 e. The number of nitro groups is 1. The molecular weight excluding hydrogens is 292 g/mol. The average Bonchev–Trinajstić information content (AvgIpc) is 3.02. The highest BCUT2D eigenvalue weighted by Gasteiger charge is 2.37. The van der Waals surface area contributed by atoms with Gasteiger partial charge in [-0.25, -0.2) is 4.79 Å². The maximum atomic E-state index is 12.6. The number of benzene rings is 1. The van der Waals surface area contributed by atoms with Crippen LogP contribution in [0.3, 0.4) is 0 Å². The zero-order valence-corrected chi connectivity index (χ0v) is 12.3. The maximum absolute atomic E-state index is 12.6. The summed E-state index contributed by atoms with van der Waals surface area (Å²) in [6.07, 6.45) is 1.12. The van der Waals surface area contributed by atoms with Gasteiger partial charge in [0, 0.05) is 12.6 Å². The van der Waals surface area contributed by atoms with Crippen LogP contribution < -0.4 is 4.74 Å². The lowest BCUT2D eigenvalue weighted by molar-refractivity contribution is -0.385. The van der Waals surface area contributed by atoms with E-state index in [0.717, 1.165) is 0 Å². The Morgan fingerprint density at radius 3 is 2.68 bits per heavy atom. The molecule has 0 bridgehead atoms. The first kappa shape index (κ1) is 15.7. The SMILES string of the molecule is COC(=O)C1CCCN1C(=O)c1cc(OC)ccc1[N+](=O)[O-]. The molecule has 0 aromatic heterocycles. The summed E-state index contributed by atoms with van der Waals surface area (Å²) in [5.74, 6) is -0.752. The first-order valence-electron chi connectivity index (χ1n) is 6.70. The summed E-state index contributed by atoms with van der Waals surface area (Å²) >= 11 is 0. The molecule has 1 amide bonds. The second kappa shape index (κ2) is 6.42. The molecule has 1 heterocycles. The van der Waals surface area contributed by atoms with Crippen LogP contribution in [0, 0.1) is 10.1 Å². The maximum Gasteiger partial charge on any atom is 0.328 e. The molecule has 1 aliphatic heterocycles. The van der Waals surface area contributed by atoms with Crippen molar-refractivity contribution < 1.29 is 24.0 Å². The first-order valence-corrected chi connectivity index (χ1v) is 6.70. The molecule has 2 rings (SSSR count). The predicted octanol–water partition coefficient (Wildman–Crippen LogP) is 1.38. The number of amides is 1. The number of ether oxygens (including phenoxy) is 2. The highest BCUT2D eigenvalue weighted by atomic mass is 16.6. The zero-order chi connectivity index (χ0) is 16.3. The second-order valence-electron chi connectivity index (χ2n) is 4.82. The van der Waals surface area contributed by atoms with E-state index in [9.17, 15) is 19.7 Å². The van der Waals surface area contributed by atoms with E-state index in [1.54, 1.807) is 0 Å². The number of nitrogens with zero attached hydrogens (tertiary/aromatic N) is 2. The zero-order valence-electron chi connectivity index (χ0n) is 12.3. The summed E-state index contributed by atoms with van der Waals surface area (Å²) < 4.78 is 9.69. The Bertz CT molecular complexity index is 615. The molecule has 1 unspecified atom stereocenters. The number of likely N-dealkylation sites (tertiary alicyclic amines) is 1. The van der Waals surface area contributed by atoms with Crippen LogP contribution >= 0.6 is 0 Å². The van der Waals surface area contributed by atoms with Crippen LogP contribution in [-0.2, 0) is 9.53 Å². The Labute approximate surface area is 126 Å². The summed E-state index contributed by atoms with van der Waals surface area (Å²) in [5, 5.41) is 11.1. The summed E-state index contributed by atoms with van der Waals surface area (Å²) in [6, 6.07) is 3.24. The highest BCUT2D eigenvalue weighted by Crippen LogP contribution is 2.28. The molecule has 1 fully saturated rings. The standard InChI is InChI=1S/C14H16N2O6/c1-21-9-5-6-11(16(19)20)10(8-9)13(17)15-7-3-4-12(15)14(18)22-2/h5-6,8,12H,3-4,7H2,1-2H3. The molecule has 1 saturated heterocycles. The molecule has 1 atom stereocenters. The summed E-state index contributed by atoms with van der Waals surface area (Å²) in [4.78, 5) is 36.2. The third kappa shape index (κ3) is 2.85. The van der Waals surface area contributed by atoms with Crippen molar-refractivity contribution in [2.75, 3.05) is 20.8 Å². The van der Waals surface area contributed by atoms with Gasteiger partial charge in [0.2, 0.25) is 0 Å². The number of methoxy groups -OCH3 is 2. The van der Waals surface area contributed by atoms with E-state index in [4.69, 9.17) is 4.74 Å². The molecule has 22 heavy (non-hydrogen) atoms. The fourth-order valence-corrected chi connectivity index (χ4v) is 2.52. The van der Waals surface area contributed by atoms with Gasteiger partial charge in [-0.05, 0) is 25.0 Å². The normalized spacial score (nSPS) is 17.2. The lowest BCUT2D eigenvalue weighted by atomic mass is 10.1. The van der Waals surface area contributed by atoms with Crippen molar-refractivity contribution in [2.45, 2.75) is 18.9 Å². The van der Waals surface area contributed by atoms with Crippen LogP contribution in [0.15, 0.2) is 18.2 Å². The highest BCUT2D eigenvalue weighted by molar-refractivity contribution is 6.00. The van der Waals surface area contributed by atoms with Crippen molar-refractivity contribution in [3.63, 3.8) is 0 Å². The number of hydrogen-bond donors (Lipinski definition) is 0. The van der Waals surface area contributed by atoms with E-state index < -0.39 is 22.8 Å². The molecule has 1 aromatic rings. The van der Waals surface area contributed by atoms with Crippen LogP contribution in [0.1, 0.15) is 23.2 Å². The number of esters is 1. The number of rotatable bonds is 4. The third-order valence-electron chi connectivity index (χ3n) is 3.62. The van der Waals surface area contributed by atoms with Crippen molar-refractivity contribution in [3.05, 3.63) is 33.9 Å². The van der Waals surface area contributed by atoms with E-state index in [1.165, 1.54) is 37.3 Å². The monoisotopic (exact) mass is 308 g/mol. The van der Waals surface area contributed by atoms with E-state index in [0.29, 0.717) is 25.1 Å². The minimum Gasteiger partial charge on any atom is -0.497 e. The summed E-state index contributed by atoms with van der Waals surface area (Å²) in [7, 11) is 2.65. The Hall–Kier alpha value is -2.64. The molecule has 0 N–H and O–H groups in total. The fraction of sp³-hybridized carbons (Fsp3) is 0.429. The lowest BCUT2D eigenvalue weighted by Crippen LogP contribution is -2.41. The van der Waals surface area contributed by atoms with Crippen LogP contribution in [0.25, 0.3) is 0 Å². The number of carbonyl (C=O) groups is 2. The fourth-order valence-electron chi connectivity index (χ4n) is 2.52. The molecule has 8 heteroatoms. The van der Waals surface area contributed by atoms with Crippen molar-refractivity contribution in [1.82, 2.24) is 4.90 Å². The minimum absolute atomic E-state index is 0.0971. The molecule has 0 radical (unpaired) electrons. The van der Waals surface area contributed by atoms with Crippen molar-refractivity contribution in [2.24, 2.45) is 0 Å². The Kier molecular flexibility index (Phi) is 4.59. The van der Waals surface area contributed by atoms with Crippen LogP contribution in [0.2, 0.25) is 0 Å². The van der Waals surface area contributed by atoms with Crippen molar-refractivity contribution >= 4 is 17.6 Å². The van der Waals surface area contributed by atoms with E-state index in [1.807, 2.05) is 0 Å². The topological polar surface area (TPSA) is 99.0 Å². The molecular formula is C14H16N2O6. The van der Waals surface area contributed by atoms with Gasteiger partial charge in [-0.1, -0.05) is 0 Å². The van der Waals surface area contributed by atoms with Crippen molar-refractivity contribution in [1.29, 1.82) is 0 Å². The van der Waals surface area contributed by atoms with Gasteiger partial charge >= 0.3 is 5.97 Å². The third-order valence-corrected chi connectivity index (χ3v) is 3.62. The second-order valence-corrected chi connectivity index (χ2v) is 4.82.